The average molecular weight is 492 g/mol. The van der Waals surface area contributed by atoms with Gasteiger partial charge in [-0.05, 0) is 57.2 Å². The Bertz CT molecular complexity index is 1150. The van der Waals surface area contributed by atoms with E-state index in [-0.39, 0.29) is 10.8 Å². The lowest BCUT2D eigenvalue weighted by Gasteiger charge is -2.27. The Hall–Kier alpha value is -1.95. The van der Waals surface area contributed by atoms with Crippen molar-refractivity contribution < 1.29 is 17.9 Å². The van der Waals surface area contributed by atoms with E-state index in [4.69, 9.17) is 4.74 Å². The fourth-order valence-electron chi connectivity index (χ4n) is 4.00. The number of ether oxygens (including phenoxy) is 1. The maximum absolute atomic E-state index is 13.1. The number of amides is 1. The molecule has 33 heavy (non-hydrogen) atoms. The SMILES string of the molecule is Cc1ccc(NC(=O)[C@@H](C)Sc2nnc(C3CC3)n2C2CC2)cc1S(=O)(=O)N1CCOCC1. The number of thioether (sulfide) groups is 1. The number of benzene rings is 1. The third-order valence-electron chi connectivity index (χ3n) is 6.24. The van der Waals surface area contributed by atoms with Crippen molar-refractivity contribution in [2.75, 3.05) is 31.6 Å². The lowest BCUT2D eigenvalue weighted by atomic mass is 10.2. The number of nitrogens with one attached hydrogen (secondary N) is 1. The number of anilines is 1. The molecule has 1 aliphatic heterocycles. The van der Waals surface area contributed by atoms with Gasteiger partial charge in [-0.15, -0.1) is 10.2 Å². The van der Waals surface area contributed by atoms with Crippen molar-refractivity contribution in [3.05, 3.63) is 29.6 Å². The second-order valence-corrected chi connectivity index (χ2v) is 12.2. The molecular weight excluding hydrogens is 462 g/mol. The average Bonchev–Trinajstić information content (AvgIpc) is 3.74. The molecule has 1 aromatic carbocycles. The van der Waals surface area contributed by atoms with Crippen molar-refractivity contribution in [3.8, 4) is 0 Å². The van der Waals surface area contributed by atoms with E-state index in [1.807, 2.05) is 6.92 Å². The number of carbonyl (C=O) groups excluding carboxylic acids is 1. The summed E-state index contributed by atoms with van der Waals surface area (Å²) in [5.41, 5.74) is 1.11. The molecule has 1 amide bonds. The molecule has 178 valence electrons. The fraction of sp³-hybridized carbons (Fsp3) is 0.591. The van der Waals surface area contributed by atoms with Crippen LogP contribution in [0.1, 0.15) is 56.0 Å². The molecule has 3 fully saturated rings. The minimum atomic E-state index is -3.65. The van der Waals surface area contributed by atoms with Gasteiger partial charge in [0.1, 0.15) is 5.82 Å². The standard InChI is InChI=1S/C22H29N5O4S2/c1-14-3-6-17(13-19(14)33(29,30)26-9-11-31-12-10-26)23-21(28)15(2)32-22-25-24-20(16-4-5-16)27(22)18-7-8-18/h3,6,13,15-16,18H,4-5,7-12H2,1-2H3,(H,23,28)/t15-/m1/s1. The van der Waals surface area contributed by atoms with Gasteiger partial charge in [-0.2, -0.15) is 4.31 Å². The lowest BCUT2D eigenvalue weighted by molar-refractivity contribution is -0.115. The van der Waals surface area contributed by atoms with E-state index >= 15 is 0 Å². The van der Waals surface area contributed by atoms with Crippen molar-refractivity contribution in [2.24, 2.45) is 0 Å². The van der Waals surface area contributed by atoms with E-state index < -0.39 is 15.3 Å². The summed E-state index contributed by atoms with van der Waals surface area (Å²) in [6.07, 6.45) is 4.59. The minimum Gasteiger partial charge on any atom is -0.379 e. The molecule has 1 N–H and O–H groups in total. The molecule has 0 spiro atoms. The largest absolute Gasteiger partial charge is 0.379 e. The van der Waals surface area contributed by atoms with Crippen molar-refractivity contribution >= 4 is 33.4 Å². The molecule has 11 heteroatoms. The van der Waals surface area contributed by atoms with Crippen LogP contribution in [0.15, 0.2) is 28.3 Å². The minimum absolute atomic E-state index is 0.197. The van der Waals surface area contributed by atoms with Crippen molar-refractivity contribution in [1.29, 1.82) is 0 Å². The molecule has 2 aliphatic carbocycles. The number of morpholine rings is 1. The second-order valence-electron chi connectivity index (χ2n) is 8.96. The summed E-state index contributed by atoms with van der Waals surface area (Å²) in [7, 11) is -3.65. The van der Waals surface area contributed by atoms with Crippen LogP contribution in [-0.2, 0) is 19.6 Å². The van der Waals surface area contributed by atoms with Gasteiger partial charge in [0, 0.05) is 30.7 Å². The van der Waals surface area contributed by atoms with Gasteiger partial charge in [-0.25, -0.2) is 8.42 Å². The fourth-order valence-corrected chi connectivity index (χ4v) is 6.59. The van der Waals surface area contributed by atoms with Crippen molar-refractivity contribution in [1.82, 2.24) is 19.1 Å². The molecular formula is C22H29N5O4S2. The van der Waals surface area contributed by atoms with E-state index in [1.165, 1.54) is 16.1 Å². The lowest BCUT2D eigenvalue weighted by Crippen LogP contribution is -2.40. The molecule has 0 radical (unpaired) electrons. The highest BCUT2D eigenvalue weighted by Crippen LogP contribution is 2.46. The molecule has 1 saturated heterocycles. The first kappa shape index (κ1) is 22.8. The maximum Gasteiger partial charge on any atom is 0.243 e. The summed E-state index contributed by atoms with van der Waals surface area (Å²) in [6, 6.07) is 5.47. The van der Waals surface area contributed by atoms with E-state index in [0.29, 0.717) is 49.5 Å². The van der Waals surface area contributed by atoms with Crippen molar-refractivity contribution in [3.63, 3.8) is 0 Å². The molecule has 9 nitrogen and oxygen atoms in total. The highest BCUT2D eigenvalue weighted by molar-refractivity contribution is 8.00. The van der Waals surface area contributed by atoms with Gasteiger partial charge in [0.05, 0.1) is 23.4 Å². The number of carbonyl (C=O) groups is 1. The van der Waals surface area contributed by atoms with Crippen LogP contribution in [0, 0.1) is 6.92 Å². The highest BCUT2D eigenvalue weighted by Gasteiger charge is 2.37. The first-order valence-electron chi connectivity index (χ1n) is 11.5. The number of nitrogens with zero attached hydrogens (tertiary/aromatic N) is 4. The number of rotatable bonds is 8. The number of aryl methyl sites for hydroxylation is 1. The Kier molecular flexibility index (Phi) is 6.23. The van der Waals surface area contributed by atoms with E-state index in [9.17, 15) is 13.2 Å². The summed E-state index contributed by atoms with van der Waals surface area (Å²) < 4.78 is 35.2. The summed E-state index contributed by atoms with van der Waals surface area (Å²) in [5, 5.41) is 12.1. The van der Waals surface area contributed by atoms with Crippen LogP contribution in [0.4, 0.5) is 5.69 Å². The molecule has 0 unspecified atom stereocenters. The molecule has 0 bridgehead atoms. The van der Waals surface area contributed by atoms with E-state index in [2.05, 4.69) is 20.1 Å². The van der Waals surface area contributed by atoms with Crippen LogP contribution in [0.25, 0.3) is 0 Å². The van der Waals surface area contributed by atoms with Gasteiger partial charge < -0.3 is 14.6 Å². The summed E-state index contributed by atoms with van der Waals surface area (Å²) in [6.45, 7) is 5.03. The predicted molar refractivity (Wildman–Crippen MR) is 125 cm³/mol. The topological polar surface area (TPSA) is 106 Å². The maximum atomic E-state index is 13.1. The number of sulfonamides is 1. The van der Waals surface area contributed by atoms with Crippen LogP contribution >= 0.6 is 11.8 Å². The van der Waals surface area contributed by atoms with E-state index in [1.54, 1.807) is 25.1 Å². The highest BCUT2D eigenvalue weighted by atomic mass is 32.2. The summed E-state index contributed by atoms with van der Waals surface area (Å²) >= 11 is 1.40. The third-order valence-corrected chi connectivity index (χ3v) is 9.34. The Morgan fingerprint density at radius 1 is 1.18 bits per heavy atom. The summed E-state index contributed by atoms with van der Waals surface area (Å²) in [5.74, 6) is 1.37. The van der Waals surface area contributed by atoms with Gasteiger partial charge in [-0.1, -0.05) is 17.8 Å². The van der Waals surface area contributed by atoms with Gasteiger partial charge >= 0.3 is 0 Å². The molecule has 5 rings (SSSR count). The monoisotopic (exact) mass is 491 g/mol. The number of hydrogen-bond acceptors (Lipinski definition) is 7. The Morgan fingerprint density at radius 3 is 2.58 bits per heavy atom. The third kappa shape index (κ3) is 4.82. The molecule has 2 saturated carbocycles. The van der Waals surface area contributed by atoms with Crippen LogP contribution < -0.4 is 5.32 Å². The molecule has 1 aromatic heterocycles. The zero-order chi connectivity index (χ0) is 23.2. The first-order chi connectivity index (χ1) is 15.8. The van der Waals surface area contributed by atoms with Crippen LogP contribution in [0.2, 0.25) is 0 Å². The molecule has 3 aliphatic rings. The van der Waals surface area contributed by atoms with Crippen LogP contribution in [0.5, 0.6) is 0 Å². The molecule has 1 atom stereocenters. The van der Waals surface area contributed by atoms with E-state index in [0.717, 1.165) is 36.7 Å². The van der Waals surface area contributed by atoms with Crippen LogP contribution in [0.3, 0.4) is 0 Å². The Balaban J connectivity index is 1.29. The summed E-state index contributed by atoms with van der Waals surface area (Å²) in [4.78, 5) is 13.2. The normalized spacial score (nSPS) is 20.5. The zero-order valence-corrected chi connectivity index (χ0v) is 20.5. The predicted octanol–water partition coefficient (Wildman–Crippen LogP) is 2.94. The molecule has 2 heterocycles. The smallest absolute Gasteiger partial charge is 0.243 e. The Morgan fingerprint density at radius 2 is 1.91 bits per heavy atom. The van der Waals surface area contributed by atoms with Crippen LogP contribution in [-0.4, -0.2) is 64.9 Å². The first-order valence-corrected chi connectivity index (χ1v) is 13.8. The number of hydrogen-bond donors (Lipinski definition) is 1. The Labute approximate surface area is 198 Å². The van der Waals surface area contributed by atoms with Gasteiger partial charge in [0.15, 0.2) is 5.16 Å². The second kappa shape index (κ2) is 9.01. The van der Waals surface area contributed by atoms with Gasteiger partial charge in [0.25, 0.3) is 0 Å². The van der Waals surface area contributed by atoms with Gasteiger partial charge in [0.2, 0.25) is 15.9 Å². The molecule has 2 aromatic rings. The van der Waals surface area contributed by atoms with Gasteiger partial charge in [-0.3, -0.25) is 4.79 Å². The zero-order valence-electron chi connectivity index (χ0n) is 18.9. The quantitative estimate of drug-likeness (QED) is 0.566. The van der Waals surface area contributed by atoms with Crippen molar-refractivity contribution in [2.45, 2.75) is 66.8 Å². The number of aromatic nitrogens is 3.